The van der Waals surface area contributed by atoms with Crippen LogP contribution in [0.4, 0.5) is 0 Å². The first-order valence-electron chi connectivity index (χ1n) is 5.32. The fraction of sp³-hybridized carbons (Fsp3) is 0.889. The number of hydrogen-bond acceptors (Lipinski definition) is 5. The lowest BCUT2D eigenvalue weighted by atomic mass is 10.3. The Labute approximate surface area is 88.9 Å². The van der Waals surface area contributed by atoms with Crippen molar-refractivity contribution in [1.29, 1.82) is 0 Å². The number of ether oxygens (including phenoxy) is 2. The van der Waals surface area contributed by atoms with Crippen LogP contribution in [0.15, 0.2) is 0 Å². The average molecular weight is 215 g/mol. The second kappa shape index (κ2) is 5.41. The van der Waals surface area contributed by atoms with E-state index in [9.17, 15) is 4.79 Å². The lowest BCUT2D eigenvalue weighted by Crippen LogP contribution is -2.55. The van der Waals surface area contributed by atoms with Crippen LogP contribution in [0.25, 0.3) is 0 Å². The van der Waals surface area contributed by atoms with Crippen LogP contribution >= 0.6 is 0 Å². The summed E-state index contributed by atoms with van der Waals surface area (Å²) < 4.78 is 10.5. The van der Waals surface area contributed by atoms with Gasteiger partial charge in [0.05, 0.1) is 19.8 Å². The molecule has 0 spiro atoms. The summed E-state index contributed by atoms with van der Waals surface area (Å²) in [5.41, 5.74) is 2.84. The van der Waals surface area contributed by atoms with E-state index in [0.717, 1.165) is 19.6 Å². The van der Waals surface area contributed by atoms with Gasteiger partial charge in [-0.1, -0.05) is 0 Å². The lowest BCUT2D eigenvalue weighted by molar-refractivity contribution is -0.141. The molecule has 0 radical (unpaired) electrons. The molecule has 86 valence electrons. The molecule has 0 aromatic carbocycles. The van der Waals surface area contributed by atoms with Gasteiger partial charge in [0.2, 0.25) is 0 Å². The molecule has 0 aromatic rings. The third-order valence-corrected chi connectivity index (χ3v) is 2.50. The zero-order valence-corrected chi connectivity index (χ0v) is 8.70. The number of rotatable bonds is 2. The standard InChI is InChI=1S/C9H17N3O3/c13-9(8-7-10-1-4-15-8)11-12-2-5-14-6-3-12/h8,10H,1-7H2,(H,11,13). The molecule has 6 nitrogen and oxygen atoms in total. The van der Waals surface area contributed by atoms with E-state index < -0.39 is 0 Å². The first-order chi connectivity index (χ1) is 7.36. The van der Waals surface area contributed by atoms with Gasteiger partial charge in [-0.25, -0.2) is 5.01 Å². The quantitative estimate of drug-likeness (QED) is 0.577. The average Bonchev–Trinajstić information content (AvgIpc) is 2.31. The summed E-state index contributed by atoms with van der Waals surface area (Å²) >= 11 is 0. The second-order valence-corrected chi connectivity index (χ2v) is 3.64. The molecule has 0 saturated carbocycles. The fourth-order valence-electron chi connectivity index (χ4n) is 1.64. The van der Waals surface area contributed by atoms with Crippen LogP contribution in [0.5, 0.6) is 0 Å². The molecule has 1 atom stereocenters. The highest BCUT2D eigenvalue weighted by molar-refractivity contribution is 5.80. The highest BCUT2D eigenvalue weighted by Crippen LogP contribution is 1.98. The van der Waals surface area contributed by atoms with Gasteiger partial charge < -0.3 is 14.8 Å². The summed E-state index contributed by atoms with van der Waals surface area (Å²) in [7, 11) is 0. The van der Waals surface area contributed by atoms with Gasteiger partial charge >= 0.3 is 0 Å². The van der Waals surface area contributed by atoms with Crippen LogP contribution in [0, 0.1) is 0 Å². The number of nitrogens with zero attached hydrogens (tertiary/aromatic N) is 1. The summed E-state index contributed by atoms with van der Waals surface area (Å²) in [6, 6.07) is 0. The molecule has 6 heteroatoms. The van der Waals surface area contributed by atoms with E-state index in [1.54, 1.807) is 0 Å². The molecule has 2 heterocycles. The van der Waals surface area contributed by atoms with E-state index in [1.165, 1.54) is 0 Å². The van der Waals surface area contributed by atoms with Crippen molar-refractivity contribution < 1.29 is 14.3 Å². The molecule has 1 unspecified atom stereocenters. The summed E-state index contributed by atoms with van der Waals surface area (Å²) in [4.78, 5) is 11.7. The van der Waals surface area contributed by atoms with Crippen LogP contribution in [-0.2, 0) is 14.3 Å². The van der Waals surface area contributed by atoms with Crippen molar-refractivity contribution in [3.63, 3.8) is 0 Å². The van der Waals surface area contributed by atoms with Crippen LogP contribution in [0.3, 0.4) is 0 Å². The van der Waals surface area contributed by atoms with E-state index in [1.807, 2.05) is 5.01 Å². The number of amides is 1. The van der Waals surface area contributed by atoms with Gasteiger partial charge in [-0.05, 0) is 0 Å². The SMILES string of the molecule is O=C(NN1CCOCC1)C1CNCCO1. The van der Waals surface area contributed by atoms with Crippen molar-refractivity contribution in [2.75, 3.05) is 46.0 Å². The molecule has 2 fully saturated rings. The normalized spacial score (nSPS) is 28.7. The minimum absolute atomic E-state index is 0.0656. The van der Waals surface area contributed by atoms with Gasteiger partial charge in [0.15, 0.2) is 0 Å². The van der Waals surface area contributed by atoms with Crippen molar-refractivity contribution in [1.82, 2.24) is 15.8 Å². The maximum Gasteiger partial charge on any atom is 0.264 e. The first-order valence-corrected chi connectivity index (χ1v) is 5.32. The van der Waals surface area contributed by atoms with Gasteiger partial charge in [0.1, 0.15) is 6.10 Å². The Morgan fingerprint density at radius 3 is 2.80 bits per heavy atom. The molecule has 15 heavy (non-hydrogen) atoms. The summed E-state index contributed by atoms with van der Waals surface area (Å²) in [5.74, 6) is -0.0656. The number of nitrogens with one attached hydrogen (secondary N) is 2. The van der Waals surface area contributed by atoms with E-state index in [-0.39, 0.29) is 12.0 Å². The third-order valence-electron chi connectivity index (χ3n) is 2.50. The van der Waals surface area contributed by atoms with Crippen LogP contribution in [0.1, 0.15) is 0 Å². The molecule has 2 aliphatic heterocycles. The smallest absolute Gasteiger partial charge is 0.264 e. The van der Waals surface area contributed by atoms with Gasteiger partial charge in [-0.2, -0.15) is 0 Å². The molecule has 2 aliphatic rings. The predicted octanol–water partition coefficient (Wildman–Crippen LogP) is -1.66. The first kappa shape index (κ1) is 10.8. The van der Waals surface area contributed by atoms with E-state index in [2.05, 4.69) is 10.7 Å². The summed E-state index contributed by atoms with van der Waals surface area (Å²) in [5, 5.41) is 5.00. The maximum absolute atomic E-state index is 11.7. The zero-order valence-electron chi connectivity index (χ0n) is 8.70. The number of carbonyl (C=O) groups excluding carboxylic acids is 1. The van der Waals surface area contributed by atoms with Crippen molar-refractivity contribution in [2.24, 2.45) is 0 Å². The Kier molecular flexibility index (Phi) is 3.90. The molecule has 2 N–H and O–H groups in total. The van der Waals surface area contributed by atoms with Gasteiger partial charge in [0.25, 0.3) is 5.91 Å². The lowest BCUT2D eigenvalue weighted by Gasteiger charge is -2.30. The topological polar surface area (TPSA) is 62.8 Å². The molecule has 2 rings (SSSR count). The van der Waals surface area contributed by atoms with Gasteiger partial charge in [-0.3, -0.25) is 10.2 Å². The number of hydrazine groups is 1. The highest BCUT2D eigenvalue weighted by atomic mass is 16.5. The van der Waals surface area contributed by atoms with E-state index in [4.69, 9.17) is 9.47 Å². The minimum atomic E-state index is -0.360. The Bertz CT molecular complexity index is 213. The Morgan fingerprint density at radius 1 is 1.33 bits per heavy atom. The van der Waals surface area contributed by atoms with Gasteiger partial charge in [-0.15, -0.1) is 0 Å². The van der Waals surface area contributed by atoms with Crippen LogP contribution in [-0.4, -0.2) is 63.0 Å². The fourth-order valence-corrected chi connectivity index (χ4v) is 1.64. The molecule has 0 aromatic heterocycles. The van der Waals surface area contributed by atoms with Crippen molar-refractivity contribution in [2.45, 2.75) is 6.10 Å². The molecular formula is C9H17N3O3. The van der Waals surface area contributed by atoms with Crippen molar-refractivity contribution in [3.05, 3.63) is 0 Å². The Balaban J connectivity index is 1.74. The maximum atomic E-state index is 11.7. The largest absolute Gasteiger partial charge is 0.379 e. The van der Waals surface area contributed by atoms with Gasteiger partial charge in [0, 0.05) is 26.2 Å². The highest BCUT2D eigenvalue weighted by Gasteiger charge is 2.23. The molecule has 1 amide bonds. The summed E-state index contributed by atoms with van der Waals surface area (Å²) in [6.07, 6.45) is -0.360. The third kappa shape index (κ3) is 3.13. The zero-order chi connectivity index (χ0) is 10.5. The van der Waals surface area contributed by atoms with Crippen molar-refractivity contribution in [3.8, 4) is 0 Å². The summed E-state index contributed by atoms with van der Waals surface area (Å²) in [6.45, 7) is 4.84. The Morgan fingerprint density at radius 2 is 2.13 bits per heavy atom. The minimum Gasteiger partial charge on any atom is -0.379 e. The van der Waals surface area contributed by atoms with Crippen molar-refractivity contribution >= 4 is 5.91 Å². The van der Waals surface area contributed by atoms with E-state index >= 15 is 0 Å². The Hall–Kier alpha value is -0.690. The molecule has 0 bridgehead atoms. The number of hydrogen-bond donors (Lipinski definition) is 2. The molecular weight excluding hydrogens is 198 g/mol. The predicted molar refractivity (Wildman–Crippen MR) is 53.1 cm³/mol. The van der Waals surface area contributed by atoms with E-state index in [0.29, 0.717) is 26.4 Å². The molecule has 2 saturated heterocycles. The van der Waals surface area contributed by atoms with Crippen LogP contribution in [0.2, 0.25) is 0 Å². The number of carbonyl (C=O) groups is 1. The monoisotopic (exact) mass is 215 g/mol. The van der Waals surface area contributed by atoms with Crippen LogP contribution < -0.4 is 10.7 Å². The second-order valence-electron chi connectivity index (χ2n) is 3.64. The molecule has 0 aliphatic carbocycles. The number of morpholine rings is 2.